The van der Waals surface area contributed by atoms with Gasteiger partial charge in [-0.3, -0.25) is 62.5 Å². The minimum Gasteiger partial charge on any atom is -0.480 e. The second-order valence-electron chi connectivity index (χ2n) is 19.8. The fourth-order valence-electron chi connectivity index (χ4n) is 7.93. The van der Waals surface area contributed by atoms with Crippen molar-refractivity contribution in [3.05, 3.63) is 0 Å². The molecule has 23 N–H and O–H groups in total. The monoisotopic (exact) mass is 1130 g/mol. The van der Waals surface area contributed by atoms with Gasteiger partial charge in [-0.15, -0.1) is 0 Å². The Balaban J connectivity index is 3.35. The molecule has 10 atom stereocenters. The third-order valence-corrected chi connectivity index (χ3v) is 12.4. The summed E-state index contributed by atoms with van der Waals surface area (Å²) in [4.78, 5) is 163. The number of aliphatic carboxylic acids is 1. The number of nitrogens with one attached hydrogen (secondary N) is 9. The Morgan fingerprint density at radius 1 is 0.582 bits per heavy atom. The number of carbonyl (C=O) groups is 12. The van der Waals surface area contributed by atoms with Crippen LogP contribution in [0.4, 0.5) is 0 Å². The Kier molecular flexibility index (Phi) is 32.5. The molecule has 11 amide bonds. The SMILES string of the molecule is CC(C)C[C@H](NC(=O)[C@H](CCC(N)=O)NC(=O)[C@H](CCCCN)NC(=O)[C@H](CCCN=C(N)N)NC(=O)[C@@H]1CCCN1C(=O)[C@H](C)NC(=O)[C@H](CCCCN)NC(=O)CNC(=O)CNC(=O)[C@@H](N)[C@@H](C)O)C(=O)N[C@@H](C)C(=O)O. The summed E-state index contributed by atoms with van der Waals surface area (Å²) >= 11 is 0. The van der Waals surface area contributed by atoms with Gasteiger partial charge in [-0.2, -0.15) is 0 Å². The van der Waals surface area contributed by atoms with Gasteiger partial charge < -0.3 is 97.4 Å². The first-order chi connectivity index (χ1) is 37.1. The van der Waals surface area contributed by atoms with E-state index in [0.29, 0.717) is 32.1 Å². The molecular formula is C48H87N17O14. The highest BCUT2D eigenvalue weighted by Gasteiger charge is 2.39. The average Bonchev–Trinajstić information content (AvgIpc) is 3.88. The zero-order valence-electron chi connectivity index (χ0n) is 45.9. The van der Waals surface area contributed by atoms with Crippen LogP contribution in [0.3, 0.4) is 0 Å². The number of rotatable bonds is 38. The van der Waals surface area contributed by atoms with E-state index >= 15 is 0 Å². The number of likely N-dealkylation sites (tertiary alicyclic amines) is 1. The van der Waals surface area contributed by atoms with Crippen molar-refractivity contribution < 1.29 is 67.7 Å². The average molecular weight is 1130 g/mol. The minimum absolute atomic E-state index is 0.0231. The Hall–Kier alpha value is -7.25. The van der Waals surface area contributed by atoms with E-state index in [2.05, 4.69) is 52.8 Å². The molecule has 448 valence electrons. The lowest BCUT2D eigenvalue weighted by atomic mass is 10.0. The number of primary amides is 1. The summed E-state index contributed by atoms with van der Waals surface area (Å²) in [6.07, 6.45) is 0.365. The van der Waals surface area contributed by atoms with Crippen molar-refractivity contribution in [2.24, 2.45) is 45.3 Å². The third kappa shape index (κ3) is 27.3. The number of unbranched alkanes of at least 4 members (excludes halogenated alkanes) is 2. The van der Waals surface area contributed by atoms with Crippen molar-refractivity contribution in [3.63, 3.8) is 0 Å². The van der Waals surface area contributed by atoms with Crippen LogP contribution in [0.15, 0.2) is 4.99 Å². The quantitative estimate of drug-likeness (QED) is 0.0155. The van der Waals surface area contributed by atoms with Gasteiger partial charge in [0.1, 0.15) is 54.4 Å². The topological polar surface area (TPSA) is 525 Å². The summed E-state index contributed by atoms with van der Waals surface area (Å²) in [6, 6.07) is -11.6. The fourth-order valence-corrected chi connectivity index (χ4v) is 7.93. The first-order valence-electron chi connectivity index (χ1n) is 26.5. The van der Waals surface area contributed by atoms with E-state index in [-0.39, 0.29) is 89.4 Å². The van der Waals surface area contributed by atoms with Crippen LogP contribution in [0.5, 0.6) is 0 Å². The number of amides is 11. The normalized spacial score (nSPS) is 16.4. The highest BCUT2D eigenvalue weighted by Crippen LogP contribution is 2.20. The van der Waals surface area contributed by atoms with Crippen LogP contribution < -0.4 is 82.3 Å². The Labute approximate surface area is 459 Å². The van der Waals surface area contributed by atoms with E-state index in [0.717, 1.165) is 0 Å². The lowest BCUT2D eigenvalue weighted by molar-refractivity contribution is -0.142. The van der Waals surface area contributed by atoms with Crippen LogP contribution >= 0.6 is 0 Å². The Morgan fingerprint density at radius 2 is 1.06 bits per heavy atom. The largest absolute Gasteiger partial charge is 0.480 e. The van der Waals surface area contributed by atoms with Crippen LogP contribution in [0.1, 0.15) is 118 Å². The molecule has 31 heteroatoms. The predicted molar refractivity (Wildman–Crippen MR) is 287 cm³/mol. The van der Waals surface area contributed by atoms with Gasteiger partial charge in [0.05, 0.1) is 19.2 Å². The van der Waals surface area contributed by atoms with Gasteiger partial charge in [0.25, 0.3) is 0 Å². The standard InChI is InChI=1S/C48H87N17O14/c1-25(2)22-33(43(74)59-27(4)47(78)79)64-42(73)32(16-17-35(51)67)62-40(71)30(13-7-9-19-50)61-41(72)31(14-10-20-55-48(53)54)63-44(75)34-15-11-21-65(34)46(77)26(3)58-39(70)29(12-6-8-18-49)60-37(69)24-56-36(68)23-57-45(76)38(52)28(5)66/h25-34,38,66H,6-24,49-50,52H2,1-5H3,(H2,51,67)(H,56,68)(H,57,76)(H,58,70)(H,59,74)(H,60,69)(H,61,72)(H,62,71)(H,63,75)(H,64,73)(H,78,79)(H4,53,54,55)/t26-,27-,28+,29-,30-,31-,32-,33-,34-,38-/m0/s1. The molecular weight excluding hydrogens is 1040 g/mol. The maximum absolute atomic E-state index is 14.3. The predicted octanol–water partition coefficient (Wildman–Crippen LogP) is -6.94. The van der Waals surface area contributed by atoms with Gasteiger partial charge in [-0.25, -0.2) is 0 Å². The number of aliphatic hydroxyl groups excluding tert-OH is 1. The second-order valence-corrected chi connectivity index (χ2v) is 19.8. The summed E-state index contributed by atoms with van der Waals surface area (Å²) in [5.74, 6) is -10.5. The molecule has 31 nitrogen and oxygen atoms in total. The first kappa shape index (κ1) is 69.8. The Morgan fingerprint density at radius 3 is 1.58 bits per heavy atom. The number of nitrogens with two attached hydrogens (primary N) is 6. The number of aliphatic hydroxyl groups is 1. The zero-order chi connectivity index (χ0) is 59.9. The molecule has 0 unspecified atom stereocenters. The van der Waals surface area contributed by atoms with Gasteiger partial charge >= 0.3 is 5.97 Å². The van der Waals surface area contributed by atoms with E-state index in [1.54, 1.807) is 13.8 Å². The molecule has 0 aromatic rings. The summed E-state index contributed by atoms with van der Waals surface area (Å²) in [5.41, 5.74) is 33.3. The molecule has 1 saturated heterocycles. The summed E-state index contributed by atoms with van der Waals surface area (Å²) in [7, 11) is 0. The van der Waals surface area contributed by atoms with Crippen molar-refractivity contribution in [2.45, 2.75) is 179 Å². The van der Waals surface area contributed by atoms with Gasteiger partial charge in [0.15, 0.2) is 5.96 Å². The zero-order valence-corrected chi connectivity index (χ0v) is 45.9. The number of carboxylic acid groups (broad SMARTS) is 1. The number of carboxylic acids is 1. The Bertz CT molecular complexity index is 2110. The maximum atomic E-state index is 14.3. The third-order valence-electron chi connectivity index (χ3n) is 12.4. The van der Waals surface area contributed by atoms with Crippen LogP contribution in [0, 0.1) is 5.92 Å². The molecule has 1 rings (SSSR count). The number of nitrogens with zero attached hydrogens (tertiary/aromatic N) is 2. The number of aliphatic imine (C=N–C) groups is 1. The molecule has 0 spiro atoms. The van der Waals surface area contributed by atoms with E-state index in [9.17, 15) is 67.7 Å². The molecule has 1 heterocycles. The number of hydrogen-bond acceptors (Lipinski definition) is 17. The summed E-state index contributed by atoms with van der Waals surface area (Å²) in [6.45, 7) is 6.89. The molecule has 1 aliphatic heterocycles. The summed E-state index contributed by atoms with van der Waals surface area (Å²) in [5, 5.41) is 41.2. The molecule has 0 aromatic heterocycles. The van der Waals surface area contributed by atoms with Crippen LogP contribution in [-0.4, -0.2) is 192 Å². The van der Waals surface area contributed by atoms with Crippen LogP contribution in [0.25, 0.3) is 0 Å². The van der Waals surface area contributed by atoms with Gasteiger partial charge in [-0.1, -0.05) is 13.8 Å². The molecule has 0 bridgehead atoms. The fraction of sp³-hybridized carbons (Fsp3) is 0.729. The highest BCUT2D eigenvalue weighted by atomic mass is 16.4. The van der Waals surface area contributed by atoms with Crippen molar-refractivity contribution in [3.8, 4) is 0 Å². The molecule has 0 radical (unpaired) electrons. The molecule has 0 aliphatic carbocycles. The minimum atomic E-state index is -1.49. The van der Waals surface area contributed by atoms with E-state index in [4.69, 9.17) is 34.4 Å². The first-order valence-corrected chi connectivity index (χ1v) is 26.5. The highest BCUT2D eigenvalue weighted by molar-refractivity contribution is 5.98. The van der Waals surface area contributed by atoms with E-state index < -0.39 is 145 Å². The van der Waals surface area contributed by atoms with Crippen molar-refractivity contribution >= 4 is 76.9 Å². The lowest BCUT2D eigenvalue weighted by Gasteiger charge is -2.30. The molecule has 1 fully saturated rings. The summed E-state index contributed by atoms with van der Waals surface area (Å²) < 4.78 is 0. The molecule has 79 heavy (non-hydrogen) atoms. The van der Waals surface area contributed by atoms with Gasteiger partial charge in [-0.05, 0) is 117 Å². The lowest BCUT2D eigenvalue weighted by Crippen LogP contribution is -2.60. The second kappa shape index (κ2) is 36.8. The smallest absolute Gasteiger partial charge is 0.325 e. The van der Waals surface area contributed by atoms with Crippen molar-refractivity contribution in [1.29, 1.82) is 0 Å². The number of guanidine groups is 1. The van der Waals surface area contributed by atoms with Crippen LogP contribution in [-0.2, 0) is 57.5 Å². The van der Waals surface area contributed by atoms with Gasteiger partial charge in [0, 0.05) is 19.5 Å². The van der Waals surface area contributed by atoms with E-state index in [1.807, 2.05) is 0 Å². The maximum Gasteiger partial charge on any atom is 0.325 e. The molecule has 1 aliphatic rings. The van der Waals surface area contributed by atoms with Crippen molar-refractivity contribution in [2.75, 3.05) is 39.3 Å². The van der Waals surface area contributed by atoms with Gasteiger partial charge in [0.2, 0.25) is 65.0 Å². The van der Waals surface area contributed by atoms with Crippen molar-refractivity contribution in [1.82, 2.24) is 52.8 Å². The number of carbonyl (C=O) groups excluding carboxylic acids is 11. The number of hydrogen-bond donors (Lipinski definition) is 17. The molecule has 0 saturated carbocycles. The van der Waals surface area contributed by atoms with E-state index in [1.165, 1.54) is 25.7 Å². The van der Waals surface area contributed by atoms with Crippen LogP contribution in [0.2, 0.25) is 0 Å². The molecule has 0 aromatic carbocycles.